The van der Waals surface area contributed by atoms with Crippen LogP contribution in [0, 0.1) is 0 Å². The van der Waals surface area contributed by atoms with E-state index in [9.17, 15) is 9.59 Å². The molecule has 94 valence electrons. The maximum Gasteiger partial charge on any atom is 0.419 e. The second kappa shape index (κ2) is 4.91. The van der Waals surface area contributed by atoms with E-state index in [1.807, 2.05) is 0 Å². The number of hydrogen-bond acceptors (Lipinski definition) is 3. The molecule has 2 rings (SSSR count). The maximum atomic E-state index is 11.5. The lowest BCUT2D eigenvalue weighted by Crippen LogP contribution is -2.10. The summed E-state index contributed by atoms with van der Waals surface area (Å²) in [6, 6.07) is 5.12. The van der Waals surface area contributed by atoms with Gasteiger partial charge in [-0.3, -0.25) is 9.36 Å². The van der Waals surface area contributed by atoms with Gasteiger partial charge < -0.3 is 9.73 Å². The van der Waals surface area contributed by atoms with Crippen molar-refractivity contribution in [2.45, 2.75) is 12.8 Å². The average molecular weight is 246 g/mol. The van der Waals surface area contributed by atoms with E-state index in [1.165, 1.54) is 4.57 Å². The van der Waals surface area contributed by atoms with Crippen molar-refractivity contribution in [3.63, 3.8) is 0 Å². The first-order valence-electron chi connectivity index (χ1n) is 5.62. The van der Waals surface area contributed by atoms with Gasteiger partial charge in [-0.1, -0.05) is 6.08 Å². The minimum absolute atomic E-state index is 0.0903. The molecular weight excluding hydrogens is 232 g/mol. The van der Waals surface area contributed by atoms with Crippen LogP contribution in [0.5, 0.6) is 0 Å². The maximum absolute atomic E-state index is 11.5. The van der Waals surface area contributed by atoms with E-state index in [4.69, 9.17) is 4.42 Å². The third-order valence-corrected chi connectivity index (χ3v) is 2.65. The van der Waals surface area contributed by atoms with E-state index in [0.29, 0.717) is 29.6 Å². The Balaban J connectivity index is 2.22. The van der Waals surface area contributed by atoms with E-state index in [2.05, 4.69) is 11.9 Å². The van der Waals surface area contributed by atoms with Crippen molar-refractivity contribution >= 4 is 22.7 Å². The van der Waals surface area contributed by atoms with Gasteiger partial charge in [-0.2, -0.15) is 0 Å². The van der Waals surface area contributed by atoms with Crippen molar-refractivity contribution < 1.29 is 9.21 Å². The molecule has 0 saturated carbocycles. The fourth-order valence-electron chi connectivity index (χ4n) is 1.67. The van der Waals surface area contributed by atoms with Gasteiger partial charge >= 0.3 is 5.76 Å². The normalized spacial score (nSPS) is 10.5. The molecule has 0 aliphatic carbocycles. The first-order valence-corrected chi connectivity index (χ1v) is 5.62. The number of allylic oxidation sites excluding steroid dienone is 1. The molecule has 5 nitrogen and oxygen atoms in total. The van der Waals surface area contributed by atoms with Crippen molar-refractivity contribution in [3.05, 3.63) is 41.4 Å². The molecule has 0 aliphatic rings. The number of rotatable bonds is 4. The number of fused-ring (bicyclic) bond motifs is 1. The molecule has 0 atom stereocenters. The Bertz CT molecular complexity index is 652. The fourth-order valence-corrected chi connectivity index (χ4v) is 1.67. The summed E-state index contributed by atoms with van der Waals surface area (Å²) >= 11 is 0. The van der Waals surface area contributed by atoms with E-state index >= 15 is 0 Å². The van der Waals surface area contributed by atoms with Crippen LogP contribution in [0.15, 0.2) is 40.1 Å². The highest BCUT2D eigenvalue weighted by atomic mass is 16.4. The molecule has 18 heavy (non-hydrogen) atoms. The van der Waals surface area contributed by atoms with E-state index < -0.39 is 5.76 Å². The summed E-state index contributed by atoms with van der Waals surface area (Å²) in [7, 11) is 1.64. The summed E-state index contributed by atoms with van der Waals surface area (Å²) in [5.74, 6) is -0.507. The van der Waals surface area contributed by atoms with Crippen LogP contribution in [0.4, 0.5) is 5.69 Å². The van der Waals surface area contributed by atoms with Crippen LogP contribution in [0.3, 0.4) is 0 Å². The Morgan fingerprint density at radius 2 is 2.33 bits per heavy atom. The van der Waals surface area contributed by atoms with Crippen molar-refractivity contribution in [3.8, 4) is 0 Å². The number of amides is 1. The van der Waals surface area contributed by atoms with Gasteiger partial charge in [0.05, 0.1) is 5.52 Å². The largest absolute Gasteiger partial charge is 0.419 e. The molecule has 5 heteroatoms. The minimum atomic E-state index is -0.417. The van der Waals surface area contributed by atoms with E-state index in [-0.39, 0.29) is 5.91 Å². The number of nitrogens with one attached hydrogen (secondary N) is 1. The number of hydrogen-bond donors (Lipinski definition) is 1. The van der Waals surface area contributed by atoms with E-state index in [0.717, 1.165) is 0 Å². The fraction of sp³-hybridized carbons (Fsp3) is 0.231. The number of carbonyl (C=O) groups excluding carboxylic acids is 1. The van der Waals surface area contributed by atoms with Crippen LogP contribution in [0.2, 0.25) is 0 Å². The lowest BCUT2D eigenvalue weighted by Gasteiger charge is -2.03. The van der Waals surface area contributed by atoms with Gasteiger partial charge in [0, 0.05) is 25.2 Å². The molecule has 0 unspecified atom stereocenters. The SMILES string of the molecule is C=CCCC(=O)Nc1ccc2c(c1)oc(=O)n2C. The second-order valence-corrected chi connectivity index (χ2v) is 3.99. The average Bonchev–Trinajstić information content (AvgIpc) is 2.62. The molecule has 0 radical (unpaired) electrons. The van der Waals surface area contributed by atoms with Crippen molar-refractivity contribution in [1.29, 1.82) is 0 Å². The molecule has 0 saturated heterocycles. The highest BCUT2D eigenvalue weighted by Gasteiger charge is 2.07. The van der Waals surface area contributed by atoms with Gasteiger partial charge in [0.15, 0.2) is 5.58 Å². The van der Waals surface area contributed by atoms with Gasteiger partial charge in [-0.15, -0.1) is 6.58 Å². The monoisotopic (exact) mass is 246 g/mol. The first-order chi connectivity index (χ1) is 8.61. The zero-order valence-electron chi connectivity index (χ0n) is 10.1. The molecule has 1 aromatic carbocycles. The van der Waals surface area contributed by atoms with Crippen LogP contribution in [0.1, 0.15) is 12.8 Å². The standard InChI is InChI=1S/C13H14N2O3/c1-3-4-5-12(16)14-9-6-7-10-11(8-9)18-13(17)15(10)2/h3,6-8H,1,4-5H2,2H3,(H,14,16). The van der Waals surface area contributed by atoms with Crippen LogP contribution in [-0.2, 0) is 11.8 Å². The van der Waals surface area contributed by atoms with Crippen molar-refractivity contribution in [2.75, 3.05) is 5.32 Å². The summed E-state index contributed by atoms with van der Waals surface area (Å²) in [6.45, 7) is 3.56. The van der Waals surface area contributed by atoms with Crippen LogP contribution < -0.4 is 11.1 Å². The molecular formula is C13H14N2O3. The number of aryl methyl sites for hydroxylation is 1. The van der Waals surface area contributed by atoms with Crippen molar-refractivity contribution in [2.24, 2.45) is 7.05 Å². The van der Waals surface area contributed by atoms with Gasteiger partial charge in [0.2, 0.25) is 5.91 Å². The first kappa shape index (κ1) is 12.2. The third kappa shape index (κ3) is 2.34. The van der Waals surface area contributed by atoms with Gasteiger partial charge in [0.1, 0.15) is 0 Å². The molecule has 0 bridgehead atoms. The summed E-state index contributed by atoms with van der Waals surface area (Å²) < 4.78 is 6.46. The highest BCUT2D eigenvalue weighted by Crippen LogP contribution is 2.17. The van der Waals surface area contributed by atoms with Crippen LogP contribution >= 0.6 is 0 Å². The summed E-state index contributed by atoms with van der Waals surface area (Å²) in [5.41, 5.74) is 1.78. The smallest absolute Gasteiger partial charge is 0.408 e. The Morgan fingerprint density at radius 1 is 1.56 bits per heavy atom. The number of benzene rings is 1. The zero-order chi connectivity index (χ0) is 13.1. The Kier molecular flexibility index (Phi) is 3.32. The van der Waals surface area contributed by atoms with Crippen molar-refractivity contribution in [1.82, 2.24) is 4.57 Å². The predicted molar refractivity (Wildman–Crippen MR) is 69.5 cm³/mol. The molecule has 1 aromatic heterocycles. The highest BCUT2D eigenvalue weighted by molar-refractivity contribution is 5.92. The third-order valence-electron chi connectivity index (χ3n) is 2.65. The quantitative estimate of drug-likeness (QED) is 0.839. The molecule has 1 heterocycles. The Hall–Kier alpha value is -2.30. The zero-order valence-corrected chi connectivity index (χ0v) is 10.1. The number of carbonyl (C=O) groups is 1. The Morgan fingerprint density at radius 3 is 3.06 bits per heavy atom. The Labute approximate surface area is 104 Å². The molecule has 0 aliphatic heterocycles. The molecule has 0 fully saturated rings. The number of anilines is 1. The summed E-state index contributed by atoms with van der Waals surface area (Å²) in [5, 5.41) is 2.74. The van der Waals surface area contributed by atoms with Crippen LogP contribution in [0.25, 0.3) is 11.1 Å². The van der Waals surface area contributed by atoms with Gasteiger partial charge in [0.25, 0.3) is 0 Å². The second-order valence-electron chi connectivity index (χ2n) is 3.99. The number of oxazole rings is 1. The lowest BCUT2D eigenvalue weighted by molar-refractivity contribution is -0.116. The molecule has 1 amide bonds. The molecule has 0 spiro atoms. The van der Waals surface area contributed by atoms with Gasteiger partial charge in [-0.25, -0.2) is 4.79 Å². The van der Waals surface area contributed by atoms with E-state index in [1.54, 1.807) is 31.3 Å². The lowest BCUT2D eigenvalue weighted by atomic mass is 10.2. The topological polar surface area (TPSA) is 64.2 Å². The number of nitrogens with zero attached hydrogens (tertiary/aromatic N) is 1. The van der Waals surface area contributed by atoms with Gasteiger partial charge in [-0.05, 0) is 18.6 Å². The summed E-state index contributed by atoms with van der Waals surface area (Å²) in [6.07, 6.45) is 2.72. The van der Waals surface area contributed by atoms with Crippen LogP contribution in [-0.4, -0.2) is 10.5 Å². The predicted octanol–water partition coefficient (Wildman–Crippen LogP) is 2.04. The molecule has 1 N–H and O–H groups in total. The summed E-state index contributed by atoms with van der Waals surface area (Å²) in [4.78, 5) is 22.8. The number of aromatic nitrogens is 1. The molecule has 2 aromatic rings. The minimum Gasteiger partial charge on any atom is -0.408 e.